The predicted octanol–water partition coefficient (Wildman–Crippen LogP) is 2.51. The fraction of sp³-hybridized carbons (Fsp3) is 0.364. The highest BCUT2D eigenvalue weighted by Crippen LogP contribution is 2.29. The van der Waals surface area contributed by atoms with Gasteiger partial charge in [0.1, 0.15) is 5.75 Å². The summed E-state index contributed by atoms with van der Waals surface area (Å²) in [5.41, 5.74) is 1.96. The SMILES string of the molecule is COC(=O)COc1c(C)cc(C)cc1Cl. The van der Waals surface area contributed by atoms with E-state index in [9.17, 15) is 4.79 Å². The van der Waals surface area contributed by atoms with E-state index in [1.807, 2.05) is 19.9 Å². The number of hydrogen-bond donors (Lipinski definition) is 0. The Morgan fingerprint density at radius 3 is 2.60 bits per heavy atom. The van der Waals surface area contributed by atoms with Crippen LogP contribution in [0.5, 0.6) is 5.75 Å². The van der Waals surface area contributed by atoms with Gasteiger partial charge in [-0.25, -0.2) is 4.79 Å². The van der Waals surface area contributed by atoms with Gasteiger partial charge in [0.2, 0.25) is 0 Å². The number of hydrogen-bond acceptors (Lipinski definition) is 3. The molecule has 4 heteroatoms. The molecule has 1 aromatic carbocycles. The van der Waals surface area contributed by atoms with E-state index in [4.69, 9.17) is 16.3 Å². The first-order valence-corrected chi connectivity index (χ1v) is 4.88. The van der Waals surface area contributed by atoms with E-state index in [-0.39, 0.29) is 6.61 Å². The second-order valence-corrected chi connectivity index (χ2v) is 3.66. The summed E-state index contributed by atoms with van der Waals surface area (Å²) in [6.45, 7) is 3.70. The Hall–Kier alpha value is -1.22. The van der Waals surface area contributed by atoms with Crippen molar-refractivity contribution in [2.24, 2.45) is 0 Å². The molecule has 0 N–H and O–H groups in total. The molecule has 3 nitrogen and oxygen atoms in total. The lowest BCUT2D eigenvalue weighted by atomic mass is 10.1. The average Bonchev–Trinajstić information content (AvgIpc) is 2.15. The minimum absolute atomic E-state index is 0.125. The molecule has 0 unspecified atom stereocenters. The zero-order valence-electron chi connectivity index (χ0n) is 8.96. The topological polar surface area (TPSA) is 35.5 Å². The molecule has 0 fully saturated rings. The van der Waals surface area contributed by atoms with Crippen LogP contribution in [0, 0.1) is 13.8 Å². The summed E-state index contributed by atoms with van der Waals surface area (Å²) in [5, 5.41) is 0.511. The van der Waals surface area contributed by atoms with Crippen molar-refractivity contribution in [1.82, 2.24) is 0 Å². The lowest BCUT2D eigenvalue weighted by Crippen LogP contribution is -2.13. The van der Waals surface area contributed by atoms with Crippen molar-refractivity contribution in [2.45, 2.75) is 13.8 Å². The van der Waals surface area contributed by atoms with Gasteiger partial charge in [-0.05, 0) is 31.0 Å². The third-order valence-corrected chi connectivity index (χ3v) is 2.22. The van der Waals surface area contributed by atoms with E-state index in [1.54, 1.807) is 6.07 Å². The van der Waals surface area contributed by atoms with Crippen LogP contribution in [0.2, 0.25) is 5.02 Å². The van der Waals surface area contributed by atoms with E-state index < -0.39 is 5.97 Å². The van der Waals surface area contributed by atoms with Gasteiger partial charge in [0, 0.05) is 0 Å². The summed E-state index contributed by atoms with van der Waals surface area (Å²) >= 11 is 5.98. The van der Waals surface area contributed by atoms with E-state index in [0.29, 0.717) is 10.8 Å². The lowest BCUT2D eigenvalue weighted by Gasteiger charge is -2.10. The van der Waals surface area contributed by atoms with Gasteiger partial charge < -0.3 is 9.47 Å². The van der Waals surface area contributed by atoms with Crippen LogP contribution in [-0.4, -0.2) is 19.7 Å². The highest BCUT2D eigenvalue weighted by atomic mass is 35.5. The van der Waals surface area contributed by atoms with Crippen LogP contribution in [0.3, 0.4) is 0 Å². The summed E-state index contributed by atoms with van der Waals surface area (Å²) in [7, 11) is 1.31. The van der Waals surface area contributed by atoms with Crippen molar-refractivity contribution in [3.05, 3.63) is 28.3 Å². The summed E-state index contributed by atoms with van der Waals surface area (Å²) in [4.78, 5) is 10.9. The maximum absolute atomic E-state index is 10.9. The first-order chi connectivity index (χ1) is 7.04. The second kappa shape index (κ2) is 5.03. The number of aryl methyl sites for hydroxylation is 2. The molecule has 82 valence electrons. The fourth-order valence-electron chi connectivity index (χ4n) is 1.28. The van der Waals surface area contributed by atoms with Crippen LogP contribution in [0.4, 0.5) is 0 Å². The van der Waals surface area contributed by atoms with Gasteiger partial charge in [-0.15, -0.1) is 0 Å². The molecule has 0 heterocycles. The Morgan fingerprint density at radius 1 is 1.40 bits per heavy atom. The quantitative estimate of drug-likeness (QED) is 0.746. The van der Waals surface area contributed by atoms with Gasteiger partial charge in [-0.3, -0.25) is 0 Å². The predicted molar refractivity (Wildman–Crippen MR) is 58.4 cm³/mol. The minimum atomic E-state index is -0.425. The largest absolute Gasteiger partial charge is 0.480 e. The number of benzene rings is 1. The zero-order valence-corrected chi connectivity index (χ0v) is 9.72. The Labute approximate surface area is 93.9 Å². The Bertz CT molecular complexity index is 351. The maximum atomic E-state index is 10.9. The van der Waals surface area contributed by atoms with Gasteiger partial charge in [-0.1, -0.05) is 17.7 Å². The van der Waals surface area contributed by atoms with Crippen LogP contribution < -0.4 is 4.74 Å². The van der Waals surface area contributed by atoms with Crippen molar-refractivity contribution in [3.8, 4) is 5.75 Å². The number of ether oxygens (including phenoxy) is 2. The molecule has 0 radical (unpaired) electrons. The monoisotopic (exact) mass is 228 g/mol. The van der Waals surface area contributed by atoms with Crippen LogP contribution >= 0.6 is 11.6 Å². The number of carbonyl (C=O) groups is 1. The summed E-state index contributed by atoms with van der Waals surface area (Å²) in [6.07, 6.45) is 0. The number of methoxy groups -OCH3 is 1. The first-order valence-electron chi connectivity index (χ1n) is 4.51. The normalized spacial score (nSPS) is 9.87. The van der Waals surface area contributed by atoms with Crippen LogP contribution in [0.15, 0.2) is 12.1 Å². The fourth-order valence-corrected chi connectivity index (χ4v) is 1.65. The third kappa shape index (κ3) is 3.13. The van der Waals surface area contributed by atoms with E-state index in [0.717, 1.165) is 11.1 Å². The lowest BCUT2D eigenvalue weighted by molar-refractivity contribution is -0.142. The van der Waals surface area contributed by atoms with Crippen LogP contribution in [0.25, 0.3) is 0 Å². The highest BCUT2D eigenvalue weighted by Gasteiger charge is 2.09. The van der Waals surface area contributed by atoms with Crippen LogP contribution in [-0.2, 0) is 9.53 Å². The first kappa shape index (κ1) is 11.9. The number of rotatable bonds is 3. The maximum Gasteiger partial charge on any atom is 0.343 e. The van der Waals surface area contributed by atoms with Gasteiger partial charge in [0.25, 0.3) is 0 Å². The number of carbonyl (C=O) groups excluding carboxylic acids is 1. The molecule has 0 amide bonds. The van der Waals surface area contributed by atoms with Crippen molar-refractivity contribution >= 4 is 17.6 Å². The Morgan fingerprint density at radius 2 is 2.07 bits per heavy atom. The highest BCUT2D eigenvalue weighted by molar-refractivity contribution is 6.32. The van der Waals surface area contributed by atoms with Gasteiger partial charge in [-0.2, -0.15) is 0 Å². The van der Waals surface area contributed by atoms with Gasteiger partial charge in [0.15, 0.2) is 6.61 Å². The number of esters is 1. The molecule has 0 saturated heterocycles. The van der Waals surface area contributed by atoms with Crippen molar-refractivity contribution in [1.29, 1.82) is 0 Å². The minimum Gasteiger partial charge on any atom is -0.480 e. The molecule has 0 aliphatic carbocycles. The van der Waals surface area contributed by atoms with Crippen molar-refractivity contribution in [3.63, 3.8) is 0 Å². The molecule has 0 atom stereocenters. The Balaban J connectivity index is 2.81. The molecular weight excluding hydrogens is 216 g/mol. The smallest absolute Gasteiger partial charge is 0.343 e. The van der Waals surface area contributed by atoms with Gasteiger partial charge >= 0.3 is 5.97 Å². The molecule has 0 aromatic heterocycles. The molecule has 1 aromatic rings. The zero-order chi connectivity index (χ0) is 11.4. The molecule has 0 saturated carbocycles. The Kier molecular flexibility index (Phi) is 3.97. The molecule has 0 aliphatic heterocycles. The second-order valence-electron chi connectivity index (χ2n) is 3.26. The van der Waals surface area contributed by atoms with E-state index >= 15 is 0 Å². The summed E-state index contributed by atoms with van der Waals surface area (Å²) in [5.74, 6) is 0.110. The molecule has 1 rings (SSSR count). The number of halogens is 1. The van der Waals surface area contributed by atoms with E-state index in [2.05, 4.69) is 4.74 Å². The molecule has 0 spiro atoms. The molecule has 0 aliphatic rings. The molecule has 15 heavy (non-hydrogen) atoms. The van der Waals surface area contributed by atoms with Crippen molar-refractivity contribution in [2.75, 3.05) is 13.7 Å². The summed E-state index contributed by atoms with van der Waals surface area (Å²) < 4.78 is 9.74. The van der Waals surface area contributed by atoms with Gasteiger partial charge in [0.05, 0.1) is 12.1 Å². The third-order valence-electron chi connectivity index (χ3n) is 1.94. The summed E-state index contributed by atoms with van der Waals surface area (Å²) in [6, 6.07) is 3.74. The van der Waals surface area contributed by atoms with E-state index in [1.165, 1.54) is 7.11 Å². The molecular formula is C11H13ClO3. The average molecular weight is 229 g/mol. The van der Waals surface area contributed by atoms with Crippen molar-refractivity contribution < 1.29 is 14.3 Å². The standard InChI is InChI=1S/C11H13ClO3/c1-7-4-8(2)11(9(12)5-7)15-6-10(13)14-3/h4-5H,6H2,1-3H3. The van der Waals surface area contributed by atoms with Crippen LogP contribution in [0.1, 0.15) is 11.1 Å². The molecule has 0 bridgehead atoms.